The number of anilines is 1. The summed E-state index contributed by atoms with van der Waals surface area (Å²) in [6.45, 7) is 3.86. The maximum Gasteiger partial charge on any atom is 0.290 e. The molecule has 0 radical (unpaired) electrons. The molecular weight excluding hydrogens is 390 g/mol. The molecule has 0 aliphatic carbocycles. The van der Waals surface area contributed by atoms with Crippen molar-refractivity contribution in [2.75, 3.05) is 18.4 Å². The number of nitrogens with zero attached hydrogens (tertiary/aromatic N) is 2. The fourth-order valence-electron chi connectivity index (χ4n) is 3.50. The minimum Gasteiger partial charge on any atom is -0.365 e. The summed E-state index contributed by atoms with van der Waals surface area (Å²) in [6, 6.07) is 12.4. The van der Waals surface area contributed by atoms with Crippen LogP contribution in [-0.2, 0) is 4.79 Å². The fraction of sp³-hybridized carbons (Fsp3) is 0.238. The zero-order chi connectivity index (χ0) is 20.7. The van der Waals surface area contributed by atoms with Crippen LogP contribution in [0, 0.1) is 13.8 Å². The number of carbonyl (C=O) groups excluding carboxylic acids is 4. The molecule has 2 aliphatic heterocycles. The zero-order valence-corrected chi connectivity index (χ0v) is 16.8. The van der Waals surface area contributed by atoms with Gasteiger partial charge in [-0.1, -0.05) is 29.8 Å². The minimum absolute atomic E-state index is 0.0266. The Hall–Kier alpha value is -3.13. The molecule has 2 heterocycles. The maximum atomic E-state index is 12.7. The highest BCUT2D eigenvalue weighted by atomic mass is 32.2. The predicted octanol–water partition coefficient (Wildman–Crippen LogP) is 3.03. The van der Waals surface area contributed by atoms with Crippen molar-refractivity contribution in [3.63, 3.8) is 0 Å². The van der Waals surface area contributed by atoms with Gasteiger partial charge >= 0.3 is 0 Å². The number of carbonyl (C=O) groups is 4. The topological polar surface area (TPSA) is 86.8 Å². The molecule has 148 valence electrons. The summed E-state index contributed by atoms with van der Waals surface area (Å²) in [5, 5.41) is 1.98. The average molecular weight is 409 g/mol. The van der Waals surface area contributed by atoms with Crippen molar-refractivity contribution in [2.45, 2.75) is 19.2 Å². The van der Waals surface area contributed by atoms with E-state index in [1.54, 1.807) is 24.3 Å². The Balaban J connectivity index is 1.42. The van der Waals surface area contributed by atoms with E-state index >= 15 is 0 Å². The molecule has 1 atom stereocenters. The van der Waals surface area contributed by atoms with Crippen LogP contribution in [0.3, 0.4) is 0 Å². The Morgan fingerprint density at radius 1 is 0.897 bits per heavy atom. The van der Waals surface area contributed by atoms with Crippen LogP contribution in [0.4, 0.5) is 10.5 Å². The maximum absolute atomic E-state index is 12.7. The molecule has 1 N–H and O–H groups in total. The quantitative estimate of drug-likeness (QED) is 0.764. The molecule has 0 saturated carbocycles. The Labute approximate surface area is 172 Å². The first-order valence-electron chi connectivity index (χ1n) is 9.18. The molecule has 2 aromatic carbocycles. The van der Waals surface area contributed by atoms with Crippen molar-refractivity contribution >= 4 is 40.4 Å². The summed E-state index contributed by atoms with van der Waals surface area (Å²) in [4.78, 5) is 52.1. The van der Waals surface area contributed by atoms with Crippen LogP contribution in [0.15, 0.2) is 42.5 Å². The normalized spacial score (nSPS) is 18.6. The number of nitrogens with one attached hydrogen (secondary N) is 1. The Bertz CT molecular complexity index is 1020. The molecular formula is C21H19N3O4S. The number of aryl methyl sites for hydroxylation is 2. The molecule has 7 nitrogen and oxygen atoms in total. The van der Waals surface area contributed by atoms with E-state index in [0.717, 1.165) is 38.4 Å². The molecule has 8 heteroatoms. The zero-order valence-electron chi connectivity index (χ0n) is 16.0. The predicted molar refractivity (Wildman–Crippen MR) is 110 cm³/mol. The summed E-state index contributed by atoms with van der Waals surface area (Å²) in [6.07, 6.45) is 0. The van der Waals surface area contributed by atoms with Gasteiger partial charge in [-0.3, -0.25) is 29.0 Å². The van der Waals surface area contributed by atoms with Crippen LogP contribution in [0.2, 0.25) is 0 Å². The molecule has 0 unspecified atom stereocenters. The van der Waals surface area contributed by atoms with Crippen molar-refractivity contribution in [1.82, 2.24) is 9.80 Å². The SMILES string of the molecule is Cc1ccc(N[C@H]2SC(=O)N(CCN3C(=O)c4ccccc4C3=O)C2=O)c(C)c1. The number of hydrogen-bond donors (Lipinski definition) is 1. The van der Waals surface area contributed by atoms with Crippen LogP contribution in [-0.4, -0.2) is 51.2 Å². The molecule has 29 heavy (non-hydrogen) atoms. The van der Waals surface area contributed by atoms with Crippen molar-refractivity contribution < 1.29 is 19.2 Å². The average Bonchev–Trinajstić information content (AvgIpc) is 3.10. The van der Waals surface area contributed by atoms with Gasteiger partial charge in [-0.15, -0.1) is 0 Å². The third-order valence-corrected chi connectivity index (χ3v) is 6.00. The first-order chi connectivity index (χ1) is 13.9. The second-order valence-electron chi connectivity index (χ2n) is 7.02. The first kappa shape index (κ1) is 19.2. The van der Waals surface area contributed by atoms with E-state index in [4.69, 9.17) is 0 Å². The standard InChI is InChI=1S/C21H19N3O4S/c1-12-7-8-16(13(2)11-12)22-17-20(27)24(21(28)29-17)10-9-23-18(25)14-5-3-4-6-15(14)19(23)26/h3-8,11,17,22H,9-10H2,1-2H3/t17-/m0/s1. The lowest BCUT2D eigenvalue weighted by atomic mass is 10.1. The van der Waals surface area contributed by atoms with E-state index in [-0.39, 0.29) is 19.0 Å². The number of thioether (sulfide) groups is 1. The van der Waals surface area contributed by atoms with Gasteiger partial charge in [0.2, 0.25) is 0 Å². The van der Waals surface area contributed by atoms with E-state index in [1.807, 2.05) is 32.0 Å². The molecule has 2 aliphatic rings. The van der Waals surface area contributed by atoms with Crippen molar-refractivity contribution in [1.29, 1.82) is 0 Å². The first-order valence-corrected chi connectivity index (χ1v) is 10.1. The molecule has 4 rings (SSSR count). The highest BCUT2D eigenvalue weighted by molar-refractivity contribution is 8.15. The molecule has 4 amide bonds. The smallest absolute Gasteiger partial charge is 0.290 e. The summed E-state index contributed by atoms with van der Waals surface area (Å²) in [5.41, 5.74) is 3.57. The fourth-order valence-corrected chi connectivity index (χ4v) is 4.42. The van der Waals surface area contributed by atoms with Crippen LogP contribution >= 0.6 is 11.8 Å². The van der Waals surface area contributed by atoms with Gasteiger partial charge in [0.25, 0.3) is 23.0 Å². The van der Waals surface area contributed by atoms with Crippen molar-refractivity contribution in [3.05, 3.63) is 64.7 Å². The number of amides is 4. The second-order valence-corrected chi connectivity index (χ2v) is 8.08. The highest BCUT2D eigenvalue weighted by Crippen LogP contribution is 2.30. The number of benzene rings is 2. The van der Waals surface area contributed by atoms with Gasteiger partial charge in [0, 0.05) is 18.8 Å². The van der Waals surface area contributed by atoms with E-state index in [9.17, 15) is 19.2 Å². The van der Waals surface area contributed by atoms with E-state index in [2.05, 4.69) is 5.32 Å². The van der Waals surface area contributed by atoms with Crippen LogP contribution in [0.5, 0.6) is 0 Å². The molecule has 0 bridgehead atoms. The Morgan fingerprint density at radius 3 is 2.14 bits per heavy atom. The van der Waals surface area contributed by atoms with Crippen LogP contribution in [0.1, 0.15) is 31.8 Å². The lowest BCUT2D eigenvalue weighted by Gasteiger charge is -2.19. The van der Waals surface area contributed by atoms with E-state index in [1.165, 1.54) is 0 Å². The van der Waals surface area contributed by atoms with Gasteiger partial charge in [-0.2, -0.15) is 0 Å². The van der Waals surface area contributed by atoms with E-state index in [0.29, 0.717) is 11.1 Å². The van der Waals surface area contributed by atoms with Crippen molar-refractivity contribution in [3.8, 4) is 0 Å². The van der Waals surface area contributed by atoms with Gasteiger partial charge < -0.3 is 5.32 Å². The summed E-state index contributed by atoms with van der Waals surface area (Å²) in [7, 11) is 0. The number of rotatable bonds is 5. The molecule has 2 aromatic rings. The number of hydrogen-bond acceptors (Lipinski definition) is 6. The monoisotopic (exact) mass is 409 g/mol. The van der Waals surface area contributed by atoms with Gasteiger partial charge in [0.05, 0.1) is 11.1 Å². The van der Waals surface area contributed by atoms with Gasteiger partial charge in [-0.05, 0) is 49.4 Å². The van der Waals surface area contributed by atoms with Crippen LogP contribution < -0.4 is 5.32 Å². The third-order valence-electron chi connectivity index (χ3n) is 5.02. The highest BCUT2D eigenvalue weighted by Gasteiger charge is 2.41. The Kier molecular flexibility index (Phi) is 4.87. The van der Waals surface area contributed by atoms with Gasteiger partial charge in [0.1, 0.15) is 0 Å². The Morgan fingerprint density at radius 2 is 1.52 bits per heavy atom. The lowest BCUT2D eigenvalue weighted by Crippen LogP contribution is -2.41. The minimum atomic E-state index is -0.730. The third kappa shape index (κ3) is 3.40. The summed E-state index contributed by atoms with van der Waals surface area (Å²) in [5.74, 6) is -1.18. The molecule has 0 aromatic heterocycles. The number of imide groups is 2. The molecule has 0 spiro atoms. The molecule has 1 fully saturated rings. The summed E-state index contributed by atoms with van der Waals surface area (Å²) >= 11 is 0.899. The second kappa shape index (κ2) is 7.36. The van der Waals surface area contributed by atoms with Gasteiger partial charge in [-0.25, -0.2) is 0 Å². The lowest BCUT2D eigenvalue weighted by molar-refractivity contribution is -0.126. The van der Waals surface area contributed by atoms with Gasteiger partial charge in [0.15, 0.2) is 5.37 Å². The largest absolute Gasteiger partial charge is 0.365 e. The van der Waals surface area contributed by atoms with E-state index < -0.39 is 22.4 Å². The van der Waals surface area contributed by atoms with Crippen molar-refractivity contribution in [2.24, 2.45) is 0 Å². The molecule has 1 saturated heterocycles. The summed E-state index contributed by atoms with van der Waals surface area (Å²) < 4.78 is 0. The van der Waals surface area contributed by atoms with Crippen LogP contribution in [0.25, 0.3) is 0 Å². The number of fused-ring (bicyclic) bond motifs is 1.